The molecule has 4 heterocycles. The predicted octanol–water partition coefficient (Wildman–Crippen LogP) is 2.58. The summed E-state index contributed by atoms with van der Waals surface area (Å²) >= 11 is 0. The van der Waals surface area contributed by atoms with Crippen LogP contribution in [0.1, 0.15) is 11.3 Å². The fourth-order valence-electron chi connectivity index (χ4n) is 3.52. The Bertz CT molecular complexity index is 909. The topological polar surface area (TPSA) is 61.3 Å². The molecule has 3 aromatic heterocycles. The monoisotopic (exact) mass is 389 g/mol. The summed E-state index contributed by atoms with van der Waals surface area (Å²) in [5, 5.41) is 0. The normalized spacial score (nSPS) is 14.1. The number of nitrogens with zero attached hydrogens (tertiary/aromatic N) is 7. The number of hydrogen-bond acceptors (Lipinski definition) is 7. The number of anilines is 3. The van der Waals surface area contributed by atoms with Gasteiger partial charge in [-0.3, -0.25) is 4.98 Å². The Hall–Kier alpha value is -3.22. The Morgan fingerprint density at radius 1 is 0.897 bits per heavy atom. The number of pyridine rings is 2. The highest BCUT2D eigenvalue weighted by Gasteiger charge is 2.20. The maximum Gasteiger partial charge on any atom is 0.227 e. The van der Waals surface area contributed by atoms with Crippen molar-refractivity contribution in [3.8, 4) is 0 Å². The number of aromatic nitrogens is 4. The molecule has 0 bridgehead atoms. The van der Waals surface area contributed by atoms with E-state index in [-0.39, 0.29) is 0 Å². The highest BCUT2D eigenvalue weighted by atomic mass is 15.3. The van der Waals surface area contributed by atoms with E-state index >= 15 is 0 Å². The van der Waals surface area contributed by atoms with Gasteiger partial charge in [-0.1, -0.05) is 6.07 Å². The molecule has 29 heavy (non-hydrogen) atoms. The molecule has 0 unspecified atom stereocenters. The Balaban J connectivity index is 1.40. The van der Waals surface area contributed by atoms with Crippen molar-refractivity contribution >= 4 is 17.6 Å². The Morgan fingerprint density at radius 3 is 2.31 bits per heavy atom. The Labute approximate surface area is 172 Å². The highest BCUT2D eigenvalue weighted by molar-refractivity contribution is 5.48. The first-order chi connectivity index (χ1) is 14.2. The van der Waals surface area contributed by atoms with Crippen molar-refractivity contribution in [2.75, 3.05) is 54.5 Å². The molecule has 0 atom stereocenters. The van der Waals surface area contributed by atoms with E-state index in [1.165, 1.54) is 5.56 Å². The van der Waals surface area contributed by atoms with Crippen molar-refractivity contribution in [1.29, 1.82) is 0 Å². The average Bonchev–Trinajstić information content (AvgIpc) is 2.78. The van der Waals surface area contributed by atoms with Gasteiger partial charge in [0, 0.05) is 70.1 Å². The third-order valence-corrected chi connectivity index (χ3v) is 5.23. The van der Waals surface area contributed by atoms with E-state index in [1.54, 1.807) is 0 Å². The number of piperazine rings is 1. The summed E-state index contributed by atoms with van der Waals surface area (Å²) in [6, 6.07) is 12.2. The molecule has 0 N–H and O–H groups in total. The largest absolute Gasteiger partial charge is 0.353 e. The van der Waals surface area contributed by atoms with Gasteiger partial charge in [-0.05, 0) is 43.2 Å². The van der Waals surface area contributed by atoms with Crippen LogP contribution < -0.4 is 14.7 Å². The molecule has 0 amide bonds. The molecule has 150 valence electrons. The van der Waals surface area contributed by atoms with Crippen LogP contribution in [0.2, 0.25) is 0 Å². The number of aryl methyl sites for hydroxylation is 1. The summed E-state index contributed by atoms with van der Waals surface area (Å²) in [5.41, 5.74) is 2.26. The zero-order valence-electron chi connectivity index (χ0n) is 17.1. The van der Waals surface area contributed by atoms with Gasteiger partial charge in [0.05, 0.1) is 0 Å². The second-order valence-corrected chi connectivity index (χ2v) is 7.36. The number of rotatable bonds is 6. The highest BCUT2D eigenvalue weighted by Crippen LogP contribution is 2.20. The van der Waals surface area contributed by atoms with E-state index < -0.39 is 0 Å². The van der Waals surface area contributed by atoms with Gasteiger partial charge < -0.3 is 14.7 Å². The van der Waals surface area contributed by atoms with Gasteiger partial charge in [-0.2, -0.15) is 4.98 Å². The van der Waals surface area contributed by atoms with Gasteiger partial charge in [0.1, 0.15) is 11.6 Å². The second kappa shape index (κ2) is 8.86. The first-order valence-electron chi connectivity index (χ1n) is 10.1. The Morgan fingerprint density at radius 2 is 1.62 bits per heavy atom. The molecule has 7 nitrogen and oxygen atoms in total. The molecule has 1 aliphatic heterocycles. The summed E-state index contributed by atoms with van der Waals surface area (Å²) < 4.78 is 0. The Kier molecular flexibility index (Phi) is 5.84. The minimum absolute atomic E-state index is 0.779. The van der Waals surface area contributed by atoms with Crippen LogP contribution >= 0.6 is 0 Å². The van der Waals surface area contributed by atoms with Crippen molar-refractivity contribution in [3.63, 3.8) is 0 Å². The third-order valence-electron chi connectivity index (χ3n) is 5.23. The van der Waals surface area contributed by atoms with Crippen LogP contribution in [-0.4, -0.2) is 59.7 Å². The van der Waals surface area contributed by atoms with Gasteiger partial charge in [0.2, 0.25) is 5.95 Å². The molecule has 7 heteroatoms. The minimum atomic E-state index is 0.779. The summed E-state index contributed by atoms with van der Waals surface area (Å²) in [6.45, 7) is 6.62. The van der Waals surface area contributed by atoms with Crippen molar-refractivity contribution in [2.45, 2.75) is 13.3 Å². The predicted molar refractivity (Wildman–Crippen MR) is 117 cm³/mol. The van der Waals surface area contributed by atoms with E-state index in [0.29, 0.717) is 0 Å². The molecule has 4 rings (SSSR count). The van der Waals surface area contributed by atoms with Crippen LogP contribution in [0.3, 0.4) is 0 Å². The molecular weight excluding hydrogens is 362 g/mol. The lowest BCUT2D eigenvalue weighted by Gasteiger charge is -2.36. The van der Waals surface area contributed by atoms with Gasteiger partial charge >= 0.3 is 0 Å². The number of hydrogen-bond donors (Lipinski definition) is 0. The molecule has 0 radical (unpaired) electrons. The van der Waals surface area contributed by atoms with E-state index in [0.717, 1.165) is 62.4 Å². The van der Waals surface area contributed by atoms with Gasteiger partial charge in [0.15, 0.2) is 0 Å². The first kappa shape index (κ1) is 19.1. The zero-order chi connectivity index (χ0) is 20.1. The SMILES string of the molecule is Cc1cc(N2CCN(c3ccccn3)CC2)nc(N(C)CCc2ccncc2)n1. The van der Waals surface area contributed by atoms with Crippen molar-refractivity contribution < 1.29 is 0 Å². The minimum Gasteiger partial charge on any atom is -0.353 e. The quantitative estimate of drug-likeness (QED) is 0.642. The van der Waals surface area contributed by atoms with Crippen LogP contribution in [0, 0.1) is 6.92 Å². The maximum atomic E-state index is 4.86. The molecule has 1 saturated heterocycles. The molecule has 1 aliphatic rings. The maximum absolute atomic E-state index is 4.86. The van der Waals surface area contributed by atoms with Crippen molar-refractivity contribution in [2.24, 2.45) is 0 Å². The van der Waals surface area contributed by atoms with Crippen LogP contribution in [-0.2, 0) is 6.42 Å². The van der Waals surface area contributed by atoms with Gasteiger partial charge in [-0.15, -0.1) is 0 Å². The van der Waals surface area contributed by atoms with Crippen LogP contribution in [0.25, 0.3) is 0 Å². The van der Waals surface area contributed by atoms with Crippen LogP contribution in [0.4, 0.5) is 17.6 Å². The summed E-state index contributed by atoms with van der Waals surface area (Å²) in [7, 11) is 2.05. The van der Waals surface area contributed by atoms with E-state index in [2.05, 4.69) is 61.0 Å². The first-order valence-corrected chi connectivity index (χ1v) is 10.1. The lowest BCUT2D eigenvalue weighted by atomic mass is 10.2. The van der Waals surface area contributed by atoms with Crippen LogP contribution in [0.5, 0.6) is 0 Å². The van der Waals surface area contributed by atoms with Crippen molar-refractivity contribution in [1.82, 2.24) is 19.9 Å². The summed E-state index contributed by atoms with van der Waals surface area (Å²) in [5.74, 6) is 2.83. The van der Waals surface area contributed by atoms with E-state index in [4.69, 9.17) is 4.98 Å². The molecule has 0 aliphatic carbocycles. The lowest BCUT2D eigenvalue weighted by Crippen LogP contribution is -2.47. The fourth-order valence-corrected chi connectivity index (χ4v) is 3.52. The number of likely N-dealkylation sites (N-methyl/N-ethyl adjacent to an activating group) is 1. The standard InChI is InChI=1S/C22H27N7/c1-18-17-21(29-15-13-28(14-16-29)20-5-3-4-9-24-20)26-22(25-18)27(2)12-8-19-6-10-23-11-7-19/h3-7,9-11,17H,8,12-16H2,1-2H3. The second-order valence-electron chi connectivity index (χ2n) is 7.36. The molecule has 0 spiro atoms. The lowest BCUT2D eigenvalue weighted by molar-refractivity contribution is 0.640. The fraction of sp³-hybridized carbons (Fsp3) is 0.364. The van der Waals surface area contributed by atoms with Gasteiger partial charge in [0.25, 0.3) is 0 Å². The average molecular weight is 390 g/mol. The molecule has 3 aromatic rings. The third kappa shape index (κ3) is 4.80. The van der Waals surface area contributed by atoms with Crippen molar-refractivity contribution in [3.05, 3.63) is 66.2 Å². The van der Waals surface area contributed by atoms with E-state index in [1.807, 2.05) is 37.6 Å². The van der Waals surface area contributed by atoms with Gasteiger partial charge in [-0.25, -0.2) is 9.97 Å². The molecular formula is C22H27N7. The zero-order valence-corrected chi connectivity index (χ0v) is 17.1. The summed E-state index contributed by atoms with van der Waals surface area (Å²) in [6.07, 6.45) is 6.46. The van der Waals surface area contributed by atoms with E-state index in [9.17, 15) is 0 Å². The van der Waals surface area contributed by atoms with Crippen LogP contribution in [0.15, 0.2) is 55.0 Å². The molecule has 1 fully saturated rings. The summed E-state index contributed by atoms with van der Waals surface area (Å²) in [4.78, 5) is 24.9. The molecule has 0 saturated carbocycles. The smallest absolute Gasteiger partial charge is 0.227 e. The molecule has 0 aromatic carbocycles.